The fraction of sp³-hybridized carbons (Fsp3) is 0.636. The van der Waals surface area contributed by atoms with Gasteiger partial charge in [0.15, 0.2) is 9.84 Å². The van der Waals surface area contributed by atoms with Gasteiger partial charge in [-0.15, -0.1) is 0 Å². The molecule has 0 aliphatic rings. The SMILES string of the molecule is CCNC(c1cnccn1)C(C)(C)S(C)(=O)=O. The molecule has 1 heterocycles. The fourth-order valence-corrected chi connectivity index (χ4v) is 2.22. The molecule has 0 radical (unpaired) electrons. The van der Waals surface area contributed by atoms with Gasteiger partial charge in [-0.25, -0.2) is 8.42 Å². The van der Waals surface area contributed by atoms with Crippen LogP contribution in [-0.4, -0.2) is 35.9 Å². The highest BCUT2D eigenvalue weighted by Gasteiger charge is 2.40. The molecule has 0 spiro atoms. The number of nitrogens with one attached hydrogen (secondary N) is 1. The summed E-state index contributed by atoms with van der Waals surface area (Å²) in [6.07, 6.45) is 5.98. The van der Waals surface area contributed by atoms with E-state index < -0.39 is 14.6 Å². The second kappa shape index (κ2) is 5.10. The first-order valence-electron chi connectivity index (χ1n) is 5.49. The van der Waals surface area contributed by atoms with E-state index in [0.717, 1.165) is 0 Å². The van der Waals surface area contributed by atoms with Gasteiger partial charge in [0.05, 0.1) is 22.7 Å². The van der Waals surface area contributed by atoms with E-state index in [-0.39, 0.29) is 6.04 Å². The van der Waals surface area contributed by atoms with Crippen molar-refractivity contribution >= 4 is 9.84 Å². The lowest BCUT2D eigenvalue weighted by Gasteiger charge is -2.32. The maximum atomic E-state index is 11.9. The summed E-state index contributed by atoms with van der Waals surface area (Å²) in [4.78, 5) is 8.17. The highest BCUT2D eigenvalue weighted by Crippen LogP contribution is 2.30. The molecule has 0 aromatic carbocycles. The highest BCUT2D eigenvalue weighted by atomic mass is 32.2. The first kappa shape index (κ1) is 14.1. The third-order valence-electron chi connectivity index (χ3n) is 2.94. The van der Waals surface area contributed by atoms with E-state index in [2.05, 4.69) is 15.3 Å². The van der Waals surface area contributed by atoms with Crippen LogP contribution in [0, 0.1) is 0 Å². The van der Waals surface area contributed by atoms with Crippen LogP contribution >= 0.6 is 0 Å². The fourth-order valence-electron chi connectivity index (χ4n) is 1.58. The van der Waals surface area contributed by atoms with E-state index in [1.807, 2.05) is 6.92 Å². The lowest BCUT2D eigenvalue weighted by Crippen LogP contribution is -2.45. The lowest BCUT2D eigenvalue weighted by molar-refractivity contribution is 0.419. The van der Waals surface area contributed by atoms with Crippen molar-refractivity contribution in [3.8, 4) is 0 Å². The van der Waals surface area contributed by atoms with Crippen molar-refractivity contribution in [1.82, 2.24) is 15.3 Å². The molecule has 0 fully saturated rings. The monoisotopic (exact) mass is 257 g/mol. The predicted octanol–water partition coefficient (Wildman–Crippen LogP) is 0.950. The molecule has 1 aromatic rings. The summed E-state index contributed by atoms with van der Waals surface area (Å²) in [6, 6.07) is -0.365. The van der Waals surface area contributed by atoms with Gasteiger partial charge in [0.25, 0.3) is 0 Å². The van der Waals surface area contributed by atoms with Crippen LogP contribution in [0.4, 0.5) is 0 Å². The number of nitrogens with zero attached hydrogens (tertiary/aromatic N) is 2. The molecule has 1 N–H and O–H groups in total. The van der Waals surface area contributed by atoms with E-state index >= 15 is 0 Å². The Bertz CT molecular complexity index is 457. The number of rotatable bonds is 5. The molecule has 1 unspecified atom stereocenters. The van der Waals surface area contributed by atoms with Crippen LogP contribution < -0.4 is 5.32 Å². The zero-order valence-electron chi connectivity index (χ0n) is 10.6. The van der Waals surface area contributed by atoms with Crippen molar-refractivity contribution in [3.05, 3.63) is 24.3 Å². The van der Waals surface area contributed by atoms with Gasteiger partial charge in [-0.3, -0.25) is 9.97 Å². The summed E-state index contributed by atoms with van der Waals surface area (Å²) in [6.45, 7) is 6.00. The average molecular weight is 257 g/mol. The van der Waals surface area contributed by atoms with Crippen molar-refractivity contribution in [2.75, 3.05) is 12.8 Å². The van der Waals surface area contributed by atoms with Gasteiger partial charge in [0, 0.05) is 18.6 Å². The van der Waals surface area contributed by atoms with Crippen LogP contribution in [0.15, 0.2) is 18.6 Å². The Kier molecular flexibility index (Phi) is 4.21. The van der Waals surface area contributed by atoms with Gasteiger partial charge in [0.2, 0.25) is 0 Å². The number of hydrogen-bond donors (Lipinski definition) is 1. The maximum absolute atomic E-state index is 11.9. The Morgan fingerprint density at radius 1 is 1.41 bits per heavy atom. The molecule has 96 valence electrons. The maximum Gasteiger partial charge on any atom is 0.154 e. The Balaban J connectivity index is 3.19. The largest absolute Gasteiger partial charge is 0.308 e. The minimum absolute atomic E-state index is 0.365. The second-order valence-corrected chi connectivity index (χ2v) is 7.09. The van der Waals surface area contributed by atoms with E-state index in [9.17, 15) is 8.42 Å². The molecule has 6 heteroatoms. The highest BCUT2D eigenvalue weighted by molar-refractivity contribution is 7.92. The molecule has 0 saturated carbocycles. The van der Waals surface area contributed by atoms with Gasteiger partial charge >= 0.3 is 0 Å². The van der Waals surface area contributed by atoms with E-state index in [1.54, 1.807) is 32.4 Å². The zero-order valence-corrected chi connectivity index (χ0v) is 11.5. The van der Waals surface area contributed by atoms with E-state index in [1.165, 1.54) is 6.26 Å². The minimum Gasteiger partial charge on any atom is -0.308 e. The van der Waals surface area contributed by atoms with Gasteiger partial charge < -0.3 is 5.32 Å². The molecule has 0 aliphatic carbocycles. The molecule has 0 aliphatic heterocycles. The van der Waals surface area contributed by atoms with Crippen molar-refractivity contribution in [1.29, 1.82) is 0 Å². The van der Waals surface area contributed by atoms with Gasteiger partial charge in [-0.2, -0.15) is 0 Å². The Morgan fingerprint density at radius 2 is 2.06 bits per heavy atom. The molecular formula is C11H19N3O2S. The molecule has 1 rings (SSSR count). The Morgan fingerprint density at radius 3 is 2.47 bits per heavy atom. The Labute approximate surface area is 103 Å². The summed E-state index contributed by atoms with van der Waals surface area (Å²) < 4.78 is 22.8. The first-order valence-corrected chi connectivity index (χ1v) is 7.38. The van der Waals surface area contributed by atoms with Crippen molar-refractivity contribution in [3.63, 3.8) is 0 Å². The number of hydrogen-bond acceptors (Lipinski definition) is 5. The van der Waals surface area contributed by atoms with E-state index in [0.29, 0.717) is 12.2 Å². The van der Waals surface area contributed by atoms with Gasteiger partial charge in [-0.1, -0.05) is 6.92 Å². The molecule has 5 nitrogen and oxygen atoms in total. The molecule has 0 amide bonds. The van der Waals surface area contributed by atoms with Gasteiger partial charge in [0.1, 0.15) is 0 Å². The molecule has 1 atom stereocenters. The van der Waals surface area contributed by atoms with Crippen LogP contribution in [0.3, 0.4) is 0 Å². The van der Waals surface area contributed by atoms with Crippen LogP contribution in [0.25, 0.3) is 0 Å². The summed E-state index contributed by atoms with van der Waals surface area (Å²) in [5.41, 5.74) is 0.643. The summed E-state index contributed by atoms with van der Waals surface area (Å²) >= 11 is 0. The predicted molar refractivity (Wildman–Crippen MR) is 67.4 cm³/mol. The first-order chi connectivity index (χ1) is 7.80. The molecule has 0 bridgehead atoms. The smallest absolute Gasteiger partial charge is 0.154 e. The van der Waals surface area contributed by atoms with E-state index in [4.69, 9.17) is 0 Å². The summed E-state index contributed by atoms with van der Waals surface area (Å²) in [5, 5.41) is 3.16. The summed E-state index contributed by atoms with van der Waals surface area (Å²) in [5.74, 6) is 0. The van der Waals surface area contributed by atoms with Gasteiger partial charge in [-0.05, 0) is 20.4 Å². The third kappa shape index (κ3) is 3.01. The van der Waals surface area contributed by atoms with Crippen LogP contribution in [0.5, 0.6) is 0 Å². The number of aromatic nitrogens is 2. The lowest BCUT2D eigenvalue weighted by atomic mass is 10.00. The number of sulfone groups is 1. The minimum atomic E-state index is -3.20. The second-order valence-electron chi connectivity index (χ2n) is 4.50. The summed E-state index contributed by atoms with van der Waals surface area (Å²) in [7, 11) is -3.20. The topological polar surface area (TPSA) is 72.0 Å². The van der Waals surface area contributed by atoms with Crippen LogP contribution in [0.2, 0.25) is 0 Å². The van der Waals surface area contributed by atoms with Crippen molar-refractivity contribution in [2.45, 2.75) is 31.6 Å². The Hall–Kier alpha value is -1.01. The third-order valence-corrected chi connectivity index (χ3v) is 5.09. The van der Waals surface area contributed by atoms with Crippen molar-refractivity contribution in [2.24, 2.45) is 0 Å². The quantitative estimate of drug-likeness (QED) is 0.850. The normalized spacial score (nSPS) is 14.6. The van der Waals surface area contributed by atoms with Crippen LogP contribution in [-0.2, 0) is 9.84 Å². The molecule has 1 aromatic heterocycles. The zero-order chi connectivity index (χ0) is 13.1. The standard InChI is InChI=1S/C11H19N3O2S/c1-5-13-10(9-8-12-6-7-14-9)11(2,3)17(4,15)16/h6-8,10,13H,5H2,1-4H3. The average Bonchev–Trinajstić information content (AvgIpc) is 2.25. The molecular weight excluding hydrogens is 238 g/mol. The van der Waals surface area contributed by atoms with Crippen LogP contribution in [0.1, 0.15) is 32.5 Å². The molecule has 0 saturated heterocycles. The molecule has 17 heavy (non-hydrogen) atoms. The van der Waals surface area contributed by atoms with Crippen molar-refractivity contribution < 1.29 is 8.42 Å².